The smallest absolute Gasteiger partial charge is 0.406 e. The number of alkyl halides is 3. The molecule has 0 spiro atoms. The first-order valence-electron chi connectivity index (χ1n) is 13.0. The van der Waals surface area contributed by atoms with E-state index >= 15 is 0 Å². The number of halogens is 3. The van der Waals surface area contributed by atoms with Gasteiger partial charge in [0.2, 0.25) is 0 Å². The van der Waals surface area contributed by atoms with Gasteiger partial charge >= 0.3 is 6.18 Å². The highest BCUT2D eigenvalue weighted by Gasteiger charge is 2.30. The van der Waals surface area contributed by atoms with E-state index < -0.39 is 18.1 Å². The summed E-state index contributed by atoms with van der Waals surface area (Å²) in [5.41, 5.74) is 2.47. The lowest BCUT2D eigenvalue weighted by molar-refractivity contribution is -0.140. The summed E-state index contributed by atoms with van der Waals surface area (Å²) in [7, 11) is 3.64. The number of benzene rings is 2. The number of rotatable bonds is 7. The van der Waals surface area contributed by atoms with Crippen molar-refractivity contribution in [3.05, 3.63) is 53.7 Å². The van der Waals surface area contributed by atoms with Crippen LogP contribution in [0, 0.1) is 23.2 Å². The number of hydrogen-bond donors (Lipinski definition) is 2. The van der Waals surface area contributed by atoms with E-state index in [1.54, 1.807) is 31.4 Å². The van der Waals surface area contributed by atoms with Gasteiger partial charge in [-0.15, -0.1) is 0 Å². The minimum Gasteiger partial charge on any atom is -0.495 e. The van der Waals surface area contributed by atoms with Crippen molar-refractivity contribution in [1.82, 2.24) is 9.47 Å². The number of methoxy groups -OCH3 is 1. The molecule has 4 rings (SSSR count). The molecule has 9 heteroatoms. The summed E-state index contributed by atoms with van der Waals surface area (Å²) in [5.74, 6) is 6.48. The second kappa shape index (κ2) is 11.5. The zero-order chi connectivity index (χ0) is 28.2. The third-order valence-electron chi connectivity index (χ3n) is 7.15. The fourth-order valence-electron chi connectivity index (χ4n) is 4.80. The van der Waals surface area contributed by atoms with Gasteiger partial charge in [0.1, 0.15) is 12.3 Å². The molecule has 0 saturated carbocycles. The van der Waals surface area contributed by atoms with E-state index in [-0.39, 0.29) is 12.6 Å². The lowest BCUT2D eigenvalue weighted by Crippen LogP contribution is -2.36. The number of nitrogens with zero attached hydrogens (tertiary/aromatic N) is 3. The number of nitriles is 1. The largest absolute Gasteiger partial charge is 0.495 e. The van der Waals surface area contributed by atoms with Gasteiger partial charge in [-0.3, -0.25) is 0 Å². The molecular formula is C30H34F3N5O. The molecule has 206 valence electrons. The standard InChI is InChI=1S/C30H34F3N5O/c1-29(2,19-34)21-10-11-26(28(17-21)39-4)35-14-6-7-23-18-24-25(36-22-12-15-37(3)16-13-22)8-5-9-27(24)38(23)20-30(31,32)33/h5,8-11,17-18,22,35-36H,12-16,20H2,1-4H3. The van der Waals surface area contributed by atoms with Gasteiger partial charge < -0.3 is 24.8 Å². The summed E-state index contributed by atoms with van der Waals surface area (Å²) in [6.07, 6.45) is -2.43. The van der Waals surface area contributed by atoms with Gasteiger partial charge in [-0.1, -0.05) is 18.1 Å². The number of hydrogen-bond acceptors (Lipinski definition) is 5. The fourth-order valence-corrected chi connectivity index (χ4v) is 4.80. The van der Waals surface area contributed by atoms with Crippen molar-refractivity contribution >= 4 is 22.3 Å². The van der Waals surface area contributed by atoms with Crippen molar-refractivity contribution in [3.63, 3.8) is 0 Å². The van der Waals surface area contributed by atoms with Crippen LogP contribution in [-0.4, -0.2) is 55.5 Å². The maximum absolute atomic E-state index is 13.5. The molecule has 0 radical (unpaired) electrons. The van der Waals surface area contributed by atoms with Crippen molar-refractivity contribution in [2.75, 3.05) is 44.4 Å². The van der Waals surface area contributed by atoms with Gasteiger partial charge in [0.05, 0.1) is 42.0 Å². The van der Waals surface area contributed by atoms with Crippen LogP contribution in [-0.2, 0) is 12.0 Å². The maximum atomic E-state index is 13.5. The molecule has 39 heavy (non-hydrogen) atoms. The van der Waals surface area contributed by atoms with E-state index in [0.29, 0.717) is 22.6 Å². The Morgan fingerprint density at radius 1 is 1.08 bits per heavy atom. The molecule has 3 aromatic rings. The molecule has 0 bridgehead atoms. The SMILES string of the molecule is COc1cc(C(C)(C)C#N)ccc1NCC#Cc1cc2c(NC3CCN(C)CC3)cccc2n1CC(F)(F)F. The fraction of sp³-hybridized carbons (Fsp3) is 0.433. The molecule has 1 saturated heterocycles. The van der Waals surface area contributed by atoms with Crippen LogP contribution in [0.1, 0.15) is 37.9 Å². The third-order valence-corrected chi connectivity index (χ3v) is 7.15. The quantitative estimate of drug-likeness (QED) is 0.363. The molecular weight excluding hydrogens is 503 g/mol. The van der Waals surface area contributed by atoms with E-state index in [4.69, 9.17) is 4.74 Å². The van der Waals surface area contributed by atoms with E-state index in [0.717, 1.165) is 42.6 Å². The summed E-state index contributed by atoms with van der Waals surface area (Å²) in [6, 6.07) is 15.2. The van der Waals surface area contributed by atoms with Crippen LogP contribution in [0.2, 0.25) is 0 Å². The Labute approximate surface area is 227 Å². The molecule has 0 aliphatic carbocycles. The number of fused-ring (bicyclic) bond motifs is 1. The molecule has 2 N–H and O–H groups in total. The van der Waals surface area contributed by atoms with Crippen LogP contribution >= 0.6 is 0 Å². The number of piperidine rings is 1. The van der Waals surface area contributed by atoms with Gasteiger partial charge in [-0.05, 0) is 88.6 Å². The second-order valence-corrected chi connectivity index (χ2v) is 10.5. The molecule has 2 aromatic carbocycles. The highest BCUT2D eigenvalue weighted by Crippen LogP contribution is 2.33. The molecule has 0 unspecified atom stereocenters. The summed E-state index contributed by atoms with van der Waals surface area (Å²) >= 11 is 0. The van der Waals surface area contributed by atoms with Gasteiger partial charge in [0, 0.05) is 17.1 Å². The first-order valence-corrected chi connectivity index (χ1v) is 13.0. The molecule has 1 aliphatic rings. The van der Waals surface area contributed by atoms with Gasteiger partial charge in [0.15, 0.2) is 0 Å². The summed E-state index contributed by atoms with van der Waals surface area (Å²) in [5, 5.41) is 16.9. The maximum Gasteiger partial charge on any atom is 0.406 e. The average Bonchev–Trinajstić information content (AvgIpc) is 3.24. The Morgan fingerprint density at radius 2 is 1.82 bits per heavy atom. The lowest BCUT2D eigenvalue weighted by atomic mass is 9.86. The molecule has 1 aromatic heterocycles. The summed E-state index contributed by atoms with van der Waals surface area (Å²) in [4.78, 5) is 2.28. The first-order chi connectivity index (χ1) is 18.5. The summed E-state index contributed by atoms with van der Waals surface area (Å²) in [6.45, 7) is 4.71. The predicted molar refractivity (Wildman–Crippen MR) is 149 cm³/mol. The van der Waals surface area contributed by atoms with Gasteiger partial charge in [-0.2, -0.15) is 18.4 Å². The third kappa shape index (κ3) is 6.79. The second-order valence-electron chi connectivity index (χ2n) is 10.5. The summed E-state index contributed by atoms with van der Waals surface area (Å²) < 4.78 is 47.3. The topological polar surface area (TPSA) is 65.2 Å². The van der Waals surface area contributed by atoms with Crippen LogP contribution in [0.5, 0.6) is 5.75 Å². The zero-order valence-electron chi connectivity index (χ0n) is 22.7. The highest BCUT2D eigenvalue weighted by molar-refractivity contribution is 5.94. The minimum absolute atomic E-state index is 0.200. The number of likely N-dealkylation sites (tertiary alicyclic amines) is 1. The Kier molecular flexibility index (Phi) is 8.32. The number of aromatic nitrogens is 1. The first kappa shape index (κ1) is 28.2. The van der Waals surface area contributed by atoms with Gasteiger partial charge in [-0.25, -0.2) is 0 Å². The molecule has 1 fully saturated rings. The van der Waals surface area contributed by atoms with E-state index in [2.05, 4.69) is 40.5 Å². The van der Waals surface area contributed by atoms with E-state index in [1.807, 2.05) is 32.0 Å². The average molecular weight is 538 g/mol. The zero-order valence-corrected chi connectivity index (χ0v) is 22.7. The lowest BCUT2D eigenvalue weighted by Gasteiger charge is -2.30. The Hall–Kier alpha value is -3.82. The number of nitrogens with one attached hydrogen (secondary N) is 2. The van der Waals surface area contributed by atoms with Crippen molar-refractivity contribution in [2.45, 2.75) is 50.9 Å². The Morgan fingerprint density at radius 3 is 2.49 bits per heavy atom. The number of anilines is 2. The minimum atomic E-state index is -4.38. The molecule has 6 nitrogen and oxygen atoms in total. The van der Waals surface area contributed by atoms with Crippen molar-refractivity contribution in [3.8, 4) is 23.7 Å². The molecule has 2 heterocycles. The Bertz CT molecular complexity index is 1420. The monoisotopic (exact) mass is 537 g/mol. The van der Waals surface area contributed by atoms with E-state index in [1.165, 1.54) is 4.57 Å². The van der Waals surface area contributed by atoms with Crippen LogP contribution in [0.15, 0.2) is 42.5 Å². The van der Waals surface area contributed by atoms with Crippen LogP contribution in [0.3, 0.4) is 0 Å². The van der Waals surface area contributed by atoms with Crippen molar-refractivity contribution in [2.24, 2.45) is 0 Å². The number of ether oxygens (including phenoxy) is 1. The van der Waals surface area contributed by atoms with Gasteiger partial charge in [0.25, 0.3) is 0 Å². The molecule has 0 amide bonds. The van der Waals surface area contributed by atoms with Crippen molar-refractivity contribution < 1.29 is 17.9 Å². The van der Waals surface area contributed by atoms with E-state index in [9.17, 15) is 18.4 Å². The normalized spacial score (nSPS) is 14.9. The Balaban J connectivity index is 1.58. The van der Waals surface area contributed by atoms with Crippen LogP contribution in [0.4, 0.5) is 24.5 Å². The predicted octanol–water partition coefficient (Wildman–Crippen LogP) is 5.98. The molecule has 0 atom stereocenters. The highest BCUT2D eigenvalue weighted by atomic mass is 19.4. The van der Waals surface area contributed by atoms with Crippen LogP contribution < -0.4 is 15.4 Å². The van der Waals surface area contributed by atoms with Crippen molar-refractivity contribution in [1.29, 1.82) is 5.26 Å². The van der Waals surface area contributed by atoms with Crippen LogP contribution in [0.25, 0.3) is 10.9 Å². The molecule has 1 aliphatic heterocycles.